The molecule has 2 N–H and O–H groups in total. The molecule has 21 heavy (non-hydrogen) atoms. The number of hydrogen-bond donors (Lipinski definition) is 2. The monoisotopic (exact) mass is 416 g/mol. The second-order valence-corrected chi connectivity index (χ2v) is 7.49. The Morgan fingerprint density at radius 1 is 0.952 bits per heavy atom. The van der Waals surface area contributed by atoms with Crippen LogP contribution in [0.5, 0.6) is 0 Å². The van der Waals surface area contributed by atoms with Crippen LogP contribution in [-0.4, -0.2) is 15.0 Å². The molecule has 0 aromatic heterocycles. The quantitative estimate of drug-likeness (QED) is 0.703. The first-order valence-corrected chi connectivity index (χ1v) is 9.20. The number of rotatable bonds is 6. The van der Waals surface area contributed by atoms with Gasteiger partial charge in [-0.15, -0.1) is 0 Å². The molecule has 0 saturated carbocycles. The summed E-state index contributed by atoms with van der Waals surface area (Å²) in [5.41, 5.74) is 1.48. The summed E-state index contributed by atoms with van der Waals surface area (Å²) in [6.45, 7) is 2.95. The molecule has 0 radical (unpaired) electrons. The van der Waals surface area contributed by atoms with Crippen molar-refractivity contribution >= 4 is 44.0 Å². The van der Waals surface area contributed by atoms with Crippen molar-refractivity contribution < 1.29 is 8.42 Å². The van der Waals surface area contributed by atoms with Crippen LogP contribution in [-0.2, 0) is 10.0 Å². The zero-order chi connectivity index (χ0) is 15.3. The lowest BCUT2D eigenvalue weighted by Gasteiger charge is -2.09. The highest BCUT2D eigenvalue weighted by Gasteiger charge is 2.13. The average molecular weight is 416 g/mol. The fourth-order valence-electron chi connectivity index (χ4n) is 1.75. The first-order chi connectivity index (χ1) is 10.0. The summed E-state index contributed by atoms with van der Waals surface area (Å²) in [5, 5.41) is 3.21. The Morgan fingerprint density at radius 2 is 1.52 bits per heavy atom. The molecule has 0 spiro atoms. The van der Waals surface area contributed by atoms with Crippen LogP contribution >= 0.6 is 22.6 Å². The van der Waals surface area contributed by atoms with Crippen LogP contribution in [0.1, 0.15) is 13.3 Å². The first kappa shape index (κ1) is 16.1. The van der Waals surface area contributed by atoms with E-state index < -0.39 is 10.0 Å². The number of benzene rings is 2. The summed E-state index contributed by atoms with van der Waals surface area (Å²) in [4.78, 5) is 0.253. The van der Waals surface area contributed by atoms with Crippen molar-refractivity contribution in [1.82, 2.24) is 0 Å². The topological polar surface area (TPSA) is 58.2 Å². The SMILES string of the molecule is CCCNc1ccc(S(=O)(=O)Nc2ccc(I)cc2)cc1. The average Bonchev–Trinajstić information content (AvgIpc) is 2.48. The molecule has 0 amide bonds. The van der Waals surface area contributed by atoms with Gasteiger partial charge in [-0.1, -0.05) is 6.92 Å². The molecule has 2 rings (SSSR count). The summed E-state index contributed by atoms with van der Waals surface area (Å²) in [5.74, 6) is 0. The van der Waals surface area contributed by atoms with Gasteiger partial charge in [-0.25, -0.2) is 8.42 Å². The van der Waals surface area contributed by atoms with Crippen molar-refractivity contribution in [2.45, 2.75) is 18.2 Å². The van der Waals surface area contributed by atoms with E-state index in [4.69, 9.17) is 0 Å². The van der Waals surface area contributed by atoms with Gasteiger partial charge in [-0.2, -0.15) is 0 Å². The minimum Gasteiger partial charge on any atom is -0.385 e. The van der Waals surface area contributed by atoms with Gasteiger partial charge in [0.1, 0.15) is 0 Å². The Labute approximate surface area is 139 Å². The summed E-state index contributed by atoms with van der Waals surface area (Å²) >= 11 is 2.18. The molecule has 2 aromatic rings. The number of anilines is 2. The molecule has 6 heteroatoms. The van der Waals surface area contributed by atoms with Crippen molar-refractivity contribution in [2.24, 2.45) is 0 Å². The number of hydrogen-bond acceptors (Lipinski definition) is 3. The minimum atomic E-state index is -3.54. The molecular formula is C15H17IN2O2S. The predicted octanol–water partition coefficient (Wildman–Crippen LogP) is 3.91. The van der Waals surface area contributed by atoms with Crippen molar-refractivity contribution in [2.75, 3.05) is 16.6 Å². The maximum Gasteiger partial charge on any atom is 0.261 e. The lowest BCUT2D eigenvalue weighted by molar-refractivity contribution is 0.601. The fourth-order valence-corrected chi connectivity index (χ4v) is 3.17. The molecule has 0 heterocycles. The van der Waals surface area contributed by atoms with E-state index in [2.05, 4.69) is 39.6 Å². The zero-order valence-electron chi connectivity index (χ0n) is 11.6. The van der Waals surface area contributed by atoms with E-state index in [1.165, 1.54) is 0 Å². The number of halogens is 1. The van der Waals surface area contributed by atoms with Gasteiger partial charge in [-0.05, 0) is 77.5 Å². The molecule has 0 aliphatic heterocycles. The Kier molecular flexibility index (Phi) is 5.46. The third kappa shape index (κ3) is 4.60. The van der Waals surface area contributed by atoms with Crippen LogP contribution in [0.15, 0.2) is 53.4 Å². The summed E-state index contributed by atoms with van der Waals surface area (Å²) in [7, 11) is -3.54. The maximum absolute atomic E-state index is 12.3. The molecule has 4 nitrogen and oxygen atoms in total. The normalized spacial score (nSPS) is 11.1. The fraction of sp³-hybridized carbons (Fsp3) is 0.200. The van der Waals surface area contributed by atoms with E-state index in [1.807, 2.05) is 12.1 Å². The van der Waals surface area contributed by atoms with Gasteiger partial charge < -0.3 is 5.32 Å². The Hall–Kier alpha value is -1.28. The van der Waals surface area contributed by atoms with Crippen LogP contribution < -0.4 is 10.0 Å². The molecular weight excluding hydrogens is 399 g/mol. The zero-order valence-corrected chi connectivity index (χ0v) is 14.6. The Bertz CT molecular complexity index is 683. The third-order valence-electron chi connectivity index (χ3n) is 2.84. The molecule has 0 aliphatic carbocycles. The smallest absolute Gasteiger partial charge is 0.261 e. The van der Waals surface area contributed by atoms with Crippen molar-refractivity contribution in [3.63, 3.8) is 0 Å². The Balaban J connectivity index is 2.13. The summed E-state index contributed by atoms with van der Waals surface area (Å²) < 4.78 is 28.2. The lowest BCUT2D eigenvalue weighted by Crippen LogP contribution is -2.13. The standard InChI is InChI=1S/C15H17IN2O2S/c1-2-11-17-13-7-9-15(10-8-13)21(19,20)18-14-5-3-12(16)4-6-14/h3-10,17-18H,2,11H2,1H3. The second kappa shape index (κ2) is 7.13. The molecule has 112 valence electrons. The van der Waals surface area contributed by atoms with E-state index >= 15 is 0 Å². The van der Waals surface area contributed by atoms with E-state index in [0.717, 1.165) is 22.2 Å². The third-order valence-corrected chi connectivity index (χ3v) is 4.96. The van der Waals surface area contributed by atoms with Crippen molar-refractivity contribution in [3.05, 3.63) is 52.1 Å². The van der Waals surface area contributed by atoms with Crippen molar-refractivity contribution in [1.29, 1.82) is 0 Å². The van der Waals surface area contributed by atoms with E-state index in [-0.39, 0.29) is 4.90 Å². The maximum atomic E-state index is 12.3. The van der Waals surface area contributed by atoms with Crippen molar-refractivity contribution in [3.8, 4) is 0 Å². The molecule has 0 bridgehead atoms. The second-order valence-electron chi connectivity index (χ2n) is 4.56. The molecule has 0 atom stereocenters. The van der Waals surface area contributed by atoms with E-state index in [0.29, 0.717) is 5.69 Å². The minimum absolute atomic E-state index is 0.253. The summed E-state index contributed by atoms with van der Waals surface area (Å²) in [6, 6.07) is 14.0. The van der Waals surface area contributed by atoms with Gasteiger partial charge in [0, 0.05) is 21.5 Å². The largest absolute Gasteiger partial charge is 0.385 e. The van der Waals surface area contributed by atoms with E-state index in [9.17, 15) is 8.42 Å². The lowest BCUT2D eigenvalue weighted by atomic mass is 10.3. The van der Waals surface area contributed by atoms with Crippen LogP contribution in [0.2, 0.25) is 0 Å². The molecule has 0 unspecified atom stereocenters. The number of nitrogens with one attached hydrogen (secondary N) is 2. The van der Waals surface area contributed by atoms with Crippen LogP contribution in [0.3, 0.4) is 0 Å². The molecule has 0 fully saturated rings. The van der Waals surface area contributed by atoms with Gasteiger partial charge in [-0.3, -0.25) is 4.72 Å². The highest BCUT2D eigenvalue weighted by Crippen LogP contribution is 2.19. The van der Waals surface area contributed by atoms with Crippen LogP contribution in [0, 0.1) is 3.57 Å². The van der Waals surface area contributed by atoms with Gasteiger partial charge in [0.15, 0.2) is 0 Å². The number of sulfonamides is 1. The van der Waals surface area contributed by atoms with E-state index in [1.54, 1.807) is 36.4 Å². The molecule has 2 aromatic carbocycles. The van der Waals surface area contributed by atoms with Crippen LogP contribution in [0.4, 0.5) is 11.4 Å². The highest BCUT2D eigenvalue weighted by atomic mass is 127. The molecule has 0 aliphatic rings. The van der Waals surface area contributed by atoms with Gasteiger partial charge in [0.2, 0.25) is 0 Å². The highest BCUT2D eigenvalue weighted by molar-refractivity contribution is 14.1. The predicted molar refractivity (Wildman–Crippen MR) is 95.2 cm³/mol. The summed E-state index contributed by atoms with van der Waals surface area (Å²) in [6.07, 6.45) is 1.02. The van der Waals surface area contributed by atoms with Gasteiger partial charge in [0.25, 0.3) is 10.0 Å². The van der Waals surface area contributed by atoms with Gasteiger partial charge >= 0.3 is 0 Å². The van der Waals surface area contributed by atoms with Gasteiger partial charge in [0.05, 0.1) is 4.90 Å². The Morgan fingerprint density at radius 3 is 2.10 bits per heavy atom. The molecule has 0 saturated heterocycles. The van der Waals surface area contributed by atoms with Crippen LogP contribution in [0.25, 0.3) is 0 Å². The first-order valence-electron chi connectivity index (χ1n) is 6.63.